The van der Waals surface area contributed by atoms with Gasteiger partial charge in [0.05, 0.1) is 12.5 Å². The van der Waals surface area contributed by atoms with Crippen LogP contribution in [-0.2, 0) is 27.3 Å². The number of halogens is 1. The fourth-order valence-corrected chi connectivity index (χ4v) is 6.58. The largest absolute Gasteiger partial charge is 0.344 e. The third-order valence-corrected chi connectivity index (χ3v) is 8.89. The van der Waals surface area contributed by atoms with Crippen molar-refractivity contribution in [2.24, 2.45) is 17.3 Å². The molecule has 2 aliphatic heterocycles. The maximum atomic E-state index is 13.8. The zero-order valence-electron chi connectivity index (χ0n) is 23.7. The van der Waals surface area contributed by atoms with Crippen molar-refractivity contribution < 1.29 is 24.0 Å². The lowest BCUT2D eigenvalue weighted by Crippen LogP contribution is -2.58. The number of likely N-dealkylation sites (tertiary alicyclic amines) is 1. The first kappa shape index (κ1) is 29.5. The molecule has 3 amide bonds. The number of carbonyl (C=O) groups excluding carboxylic acids is 3. The average molecular weight is 545 g/mol. The monoisotopic (exact) mass is 544 g/mol. The van der Waals surface area contributed by atoms with Crippen LogP contribution < -0.4 is 5.32 Å². The molecule has 1 aromatic rings. The Balaban J connectivity index is 1.37. The second-order valence-electron chi connectivity index (χ2n) is 12.8. The molecular formula is C30H45FN4O4. The summed E-state index contributed by atoms with van der Waals surface area (Å²) >= 11 is 0. The highest BCUT2D eigenvalue weighted by Crippen LogP contribution is 2.32. The van der Waals surface area contributed by atoms with E-state index in [0.29, 0.717) is 42.9 Å². The lowest BCUT2D eigenvalue weighted by Gasteiger charge is -2.42. The van der Waals surface area contributed by atoms with Crippen molar-refractivity contribution in [3.05, 3.63) is 35.1 Å². The first-order chi connectivity index (χ1) is 18.5. The molecule has 9 heteroatoms. The summed E-state index contributed by atoms with van der Waals surface area (Å²) in [7, 11) is 0. The lowest BCUT2D eigenvalue weighted by atomic mass is 9.84. The van der Waals surface area contributed by atoms with Gasteiger partial charge < -0.3 is 10.2 Å². The molecule has 1 aliphatic carbocycles. The van der Waals surface area contributed by atoms with E-state index in [1.807, 2.05) is 31.7 Å². The zero-order valence-corrected chi connectivity index (χ0v) is 23.7. The Bertz CT molecular complexity index is 1010. The highest BCUT2D eigenvalue weighted by molar-refractivity contribution is 5.89. The molecule has 2 heterocycles. The van der Waals surface area contributed by atoms with Gasteiger partial charge in [-0.1, -0.05) is 52.5 Å². The van der Waals surface area contributed by atoms with Crippen LogP contribution in [0.5, 0.6) is 0 Å². The molecule has 2 fully saturated rings. The minimum Gasteiger partial charge on any atom is -0.344 e. The number of carbonyl (C=O) groups is 3. The molecule has 0 spiro atoms. The molecule has 1 saturated heterocycles. The summed E-state index contributed by atoms with van der Waals surface area (Å²) in [6.07, 6.45) is 7.86. The van der Waals surface area contributed by atoms with Gasteiger partial charge in [-0.2, -0.15) is 0 Å². The van der Waals surface area contributed by atoms with Crippen LogP contribution in [0, 0.1) is 23.1 Å². The van der Waals surface area contributed by atoms with E-state index in [2.05, 4.69) is 10.2 Å². The van der Waals surface area contributed by atoms with E-state index < -0.39 is 17.4 Å². The Morgan fingerprint density at radius 2 is 1.82 bits per heavy atom. The SMILES string of the molecule is CC(C)(C)[C@H](NC(=O)[C@H](CC1CCCC1)CN(O)C=O)C(=O)N1CCC(N2CCc3ccc(F)cc3C2)CC1. The first-order valence-electron chi connectivity index (χ1n) is 14.6. The van der Waals surface area contributed by atoms with Crippen molar-refractivity contribution in [2.75, 3.05) is 26.2 Å². The van der Waals surface area contributed by atoms with Gasteiger partial charge in [0.25, 0.3) is 0 Å². The van der Waals surface area contributed by atoms with E-state index in [9.17, 15) is 24.0 Å². The van der Waals surface area contributed by atoms with Gasteiger partial charge in [0.2, 0.25) is 18.2 Å². The summed E-state index contributed by atoms with van der Waals surface area (Å²) in [4.78, 5) is 42.5. The fraction of sp³-hybridized carbons (Fsp3) is 0.700. The summed E-state index contributed by atoms with van der Waals surface area (Å²) < 4.78 is 13.8. The normalized spacial score (nSPS) is 20.8. The second-order valence-corrected chi connectivity index (χ2v) is 12.8. The summed E-state index contributed by atoms with van der Waals surface area (Å²) in [5, 5.41) is 13.4. The van der Waals surface area contributed by atoms with Gasteiger partial charge in [0.1, 0.15) is 11.9 Å². The van der Waals surface area contributed by atoms with E-state index in [-0.39, 0.29) is 24.2 Å². The van der Waals surface area contributed by atoms with Crippen LogP contribution in [0.25, 0.3) is 0 Å². The summed E-state index contributed by atoms with van der Waals surface area (Å²) in [5.74, 6) is -0.753. The summed E-state index contributed by atoms with van der Waals surface area (Å²) in [6.45, 7) is 8.65. The van der Waals surface area contributed by atoms with Crippen molar-refractivity contribution in [1.82, 2.24) is 20.2 Å². The molecule has 1 saturated carbocycles. The average Bonchev–Trinajstić information content (AvgIpc) is 3.43. The van der Waals surface area contributed by atoms with Gasteiger partial charge in [-0.3, -0.25) is 24.5 Å². The van der Waals surface area contributed by atoms with Gasteiger partial charge in [0.15, 0.2) is 0 Å². The number of benzene rings is 1. The molecule has 0 bridgehead atoms. The van der Waals surface area contributed by atoms with Crippen molar-refractivity contribution >= 4 is 18.2 Å². The molecule has 0 aromatic heterocycles. The number of hydroxylamine groups is 2. The van der Waals surface area contributed by atoms with Crippen molar-refractivity contribution in [2.45, 2.75) is 90.8 Å². The Kier molecular flexibility index (Phi) is 9.64. The third-order valence-electron chi connectivity index (χ3n) is 8.89. The lowest BCUT2D eigenvalue weighted by molar-refractivity contribution is -0.156. The Morgan fingerprint density at radius 3 is 2.46 bits per heavy atom. The molecule has 0 unspecified atom stereocenters. The van der Waals surface area contributed by atoms with Crippen molar-refractivity contribution in [3.8, 4) is 0 Å². The maximum absolute atomic E-state index is 13.8. The van der Waals surface area contributed by atoms with E-state index in [4.69, 9.17) is 0 Å². The fourth-order valence-electron chi connectivity index (χ4n) is 6.58. The van der Waals surface area contributed by atoms with Crippen LogP contribution in [0.3, 0.4) is 0 Å². The van der Waals surface area contributed by atoms with Gasteiger partial charge in [-0.05, 0) is 60.3 Å². The Labute approximate surface area is 231 Å². The predicted molar refractivity (Wildman–Crippen MR) is 146 cm³/mol. The van der Waals surface area contributed by atoms with Crippen molar-refractivity contribution in [3.63, 3.8) is 0 Å². The summed E-state index contributed by atoms with van der Waals surface area (Å²) in [6, 6.07) is 4.69. The molecule has 2 N–H and O–H groups in total. The topological polar surface area (TPSA) is 93.2 Å². The van der Waals surface area contributed by atoms with Crippen molar-refractivity contribution in [1.29, 1.82) is 0 Å². The highest BCUT2D eigenvalue weighted by Gasteiger charge is 2.39. The van der Waals surface area contributed by atoms with Crippen LogP contribution in [0.15, 0.2) is 18.2 Å². The highest BCUT2D eigenvalue weighted by atomic mass is 19.1. The number of hydrogen-bond donors (Lipinski definition) is 2. The maximum Gasteiger partial charge on any atom is 0.245 e. The standard InChI is InChI=1S/C30H45FN4O4/c1-30(2,3)27(32-28(37)24(19-35(39)20-36)16-21-6-4-5-7-21)29(38)33-14-11-26(12-15-33)34-13-10-22-8-9-25(31)17-23(22)18-34/h8-9,17,20-21,24,26-27,39H,4-7,10-16,18-19H2,1-3H3,(H,32,37)/t24-,27-/m1/s1. The minimum absolute atomic E-state index is 0.0782. The number of fused-ring (bicyclic) bond motifs is 1. The van der Waals surface area contributed by atoms with E-state index in [1.165, 1.54) is 11.6 Å². The zero-order chi connectivity index (χ0) is 28.2. The molecule has 8 nitrogen and oxygen atoms in total. The van der Waals surface area contributed by atoms with Crippen LogP contribution in [0.2, 0.25) is 0 Å². The van der Waals surface area contributed by atoms with Crippen LogP contribution >= 0.6 is 0 Å². The molecular weight excluding hydrogens is 499 g/mol. The molecule has 2 atom stereocenters. The number of amides is 3. The number of nitrogens with one attached hydrogen (secondary N) is 1. The first-order valence-corrected chi connectivity index (χ1v) is 14.6. The Morgan fingerprint density at radius 1 is 1.13 bits per heavy atom. The number of nitrogens with zero attached hydrogens (tertiary/aromatic N) is 3. The number of rotatable bonds is 9. The van der Waals surface area contributed by atoms with Gasteiger partial charge >= 0.3 is 0 Å². The minimum atomic E-state index is -0.708. The smallest absolute Gasteiger partial charge is 0.245 e. The molecule has 1 aromatic carbocycles. The quantitative estimate of drug-likeness (QED) is 0.281. The molecule has 3 aliphatic rings. The van der Waals surface area contributed by atoms with Crippen LogP contribution in [0.4, 0.5) is 4.39 Å². The van der Waals surface area contributed by atoms with E-state index >= 15 is 0 Å². The molecule has 216 valence electrons. The molecule has 4 rings (SSSR count). The Hall–Kier alpha value is -2.52. The van der Waals surface area contributed by atoms with Gasteiger partial charge in [-0.15, -0.1) is 0 Å². The molecule has 39 heavy (non-hydrogen) atoms. The number of piperidine rings is 1. The third kappa shape index (κ3) is 7.57. The van der Waals surface area contributed by atoms with E-state index in [1.54, 1.807) is 6.07 Å². The number of hydrogen-bond acceptors (Lipinski definition) is 5. The second kappa shape index (κ2) is 12.8. The van der Waals surface area contributed by atoms with Gasteiger partial charge in [-0.25, -0.2) is 9.45 Å². The molecule has 0 radical (unpaired) electrons. The van der Waals surface area contributed by atoms with Crippen LogP contribution in [0.1, 0.15) is 76.8 Å². The van der Waals surface area contributed by atoms with Crippen LogP contribution in [-0.4, -0.2) is 76.6 Å². The predicted octanol–water partition coefficient (Wildman–Crippen LogP) is 3.75. The summed E-state index contributed by atoms with van der Waals surface area (Å²) in [5.41, 5.74) is 1.76. The van der Waals surface area contributed by atoms with E-state index in [0.717, 1.165) is 63.6 Å². The van der Waals surface area contributed by atoms with Gasteiger partial charge in [0, 0.05) is 32.2 Å².